The van der Waals surface area contributed by atoms with Gasteiger partial charge < -0.3 is 9.47 Å². The molecular formula is C25H30ClN3O3S2. The summed E-state index contributed by atoms with van der Waals surface area (Å²) < 4.78 is 12.2. The van der Waals surface area contributed by atoms with Crippen molar-refractivity contribution in [2.75, 3.05) is 56.7 Å². The molecule has 0 bridgehead atoms. The van der Waals surface area contributed by atoms with Crippen LogP contribution >= 0.6 is 34.7 Å². The van der Waals surface area contributed by atoms with Gasteiger partial charge in [-0.2, -0.15) is 0 Å². The van der Waals surface area contributed by atoms with Crippen molar-refractivity contribution < 1.29 is 14.3 Å². The maximum atomic E-state index is 13.4. The zero-order valence-electron chi connectivity index (χ0n) is 19.4. The van der Waals surface area contributed by atoms with Gasteiger partial charge in [0.25, 0.3) is 0 Å². The van der Waals surface area contributed by atoms with Crippen LogP contribution < -0.4 is 9.64 Å². The molecule has 2 aromatic carbocycles. The number of halogens is 1. The monoisotopic (exact) mass is 519 g/mol. The number of morpholine rings is 1. The van der Waals surface area contributed by atoms with Crippen LogP contribution in [0.3, 0.4) is 0 Å². The van der Waals surface area contributed by atoms with E-state index in [4.69, 9.17) is 26.1 Å². The third kappa shape index (κ3) is 6.86. The Morgan fingerprint density at radius 2 is 2.03 bits per heavy atom. The number of thiazole rings is 1. The Balaban J connectivity index is 1.45. The lowest BCUT2D eigenvalue weighted by Gasteiger charge is -2.27. The number of hydrogen-bond acceptors (Lipinski definition) is 7. The number of carbonyl (C=O) groups excluding carboxylic acids is 1. The van der Waals surface area contributed by atoms with Crippen LogP contribution in [0.15, 0.2) is 47.4 Å². The molecule has 1 saturated heterocycles. The van der Waals surface area contributed by atoms with Crippen LogP contribution in [-0.2, 0) is 9.53 Å². The summed E-state index contributed by atoms with van der Waals surface area (Å²) in [6.45, 7) is 7.59. The van der Waals surface area contributed by atoms with Crippen molar-refractivity contribution in [2.24, 2.45) is 0 Å². The number of fused-ring (bicyclic) bond motifs is 1. The molecule has 9 heteroatoms. The van der Waals surface area contributed by atoms with Gasteiger partial charge in [0, 0.05) is 48.3 Å². The van der Waals surface area contributed by atoms with Crippen LogP contribution in [0.5, 0.6) is 5.75 Å². The molecule has 0 atom stereocenters. The van der Waals surface area contributed by atoms with Crippen LogP contribution in [0, 0.1) is 0 Å². The summed E-state index contributed by atoms with van der Waals surface area (Å²) in [5.41, 5.74) is 0.825. The largest absolute Gasteiger partial charge is 0.492 e. The van der Waals surface area contributed by atoms with Crippen molar-refractivity contribution in [2.45, 2.75) is 24.7 Å². The second-order valence-electron chi connectivity index (χ2n) is 7.94. The van der Waals surface area contributed by atoms with Gasteiger partial charge >= 0.3 is 0 Å². The number of anilines is 1. The van der Waals surface area contributed by atoms with Gasteiger partial charge in [-0.1, -0.05) is 29.0 Å². The van der Waals surface area contributed by atoms with E-state index in [9.17, 15) is 4.79 Å². The summed E-state index contributed by atoms with van der Waals surface area (Å²) in [6.07, 6.45) is 1.34. The number of thioether (sulfide) groups is 1. The van der Waals surface area contributed by atoms with Crippen molar-refractivity contribution >= 4 is 56.0 Å². The normalized spacial score (nSPS) is 14.4. The Labute approximate surface area is 214 Å². The number of benzene rings is 2. The quantitative estimate of drug-likeness (QED) is 0.308. The Morgan fingerprint density at radius 3 is 2.79 bits per heavy atom. The van der Waals surface area contributed by atoms with Crippen LogP contribution in [0.25, 0.3) is 10.2 Å². The maximum Gasteiger partial charge on any atom is 0.229 e. The zero-order chi connectivity index (χ0) is 23.8. The predicted molar refractivity (Wildman–Crippen MR) is 142 cm³/mol. The molecule has 1 aliphatic rings. The van der Waals surface area contributed by atoms with Crippen LogP contribution in [-0.4, -0.2) is 67.5 Å². The highest BCUT2D eigenvalue weighted by atomic mass is 35.5. The average Bonchev–Trinajstić information content (AvgIpc) is 3.29. The number of ether oxygens (including phenoxy) is 2. The van der Waals surface area contributed by atoms with Crippen LogP contribution in [0.1, 0.15) is 19.8 Å². The number of para-hydroxylation sites is 1. The standard InChI is InChI=1S/C25H30ClN3O3S2/c1-2-32-21-5-3-6-22-24(21)27-25(34-22)29(13-4-12-28-14-16-31-17-15-28)23(30)11-18-33-20-9-7-19(26)8-10-20/h3,5-10H,2,4,11-18H2,1H3. The first-order valence-electron chi connectivity index (χ1n) is 11.6. The summed E-state index contributed by atoms with van der Waals surface area (Å²) in [7, 11) is 0. The molecule has 0 aliphatic carbocycles. The van der Waals surface area contributed by atoms with Crippen LogP contribution in [0.2, 0.25) is 5.02 Å². The van der Waals surface area contributed by atoms with Crippen molar-refractivity contribution in [1.82, 2.24) is 9.88 Å². The van der Waals surface area contributed by atoms with Gasteiger partial charge in [0.15, 0.2) is 5.13 Å². The third-order valence-electron chi connectivity index (χ3n) is 5.56. The van der Waals surface area contributed by atoms with Gasteiger partial charge in [0.2, 0.25) is 5.91 Å². The van der Waals surface area contributed by atoms with Gasteiger partial charge in [-0.3, -0.25) is 14.6 Å². The van der Waals surface area contributed by atoms with Gasteiger partial charge in [-0.15, -0.1) is 11.8 Å². The number of aromatic nitrogens is 1. The third-order valence-corrected chi connectivity index (χ3v) is 7.87. The highest BCUT2D eigenvalue weighted by Crippen LogP contribution is 2.35. The van der Waals surface area contributed by atoms with E-state index in [1.807, 2.05) is 54.3 Å². The molecule has 0 unspecified atom stereocenters. The Hall–Kier alpha value is -1.84. The SMILES string of the molecule is CCOc1cccc2sc(N(CCCN3CCOCC3)C(=O)CCSc3ccc(Cl)cc3)nc12. The summed E-state index contributed by atoms with van der Waals surface area (Å²) in [5, 5.41) is 1.46. The fourth-order valence-corrected chi connectivity index (χ4v) is 5.82. The number of amides is 1. The summed E-state index contributed by atoms with van der Waals surface area (Å²) in [5.74, 6) is 1.57. The highest BCUT2D eigenvalue weighted by Gasteiger charge is 2.21. The molecule has 0 radical (unpaired) electrons. The molecule has 1 amide bonds. The minimum Gasteiger partial charge on any atom is -0.492 e. The van der Waals surface area contributed by atoms with E-state index in [0.29, 0.717) is 30.3 Å². The number of hydrogen-bond donors (Lipinski definition) is 0. The minimum absolute atomic E-state index is 0.0976. The van der Waals surface area contributed by atoms with Gasteiger partial charge in [0.05, 0.1) is 24.5 Å². The van der Waals surface area contributed by atoms with Gasteiger partial charge in [-0.25, -0.2) is 4.98 Å². The second-order valence-corrected chi connectivity index (χ2v) is 10.6. The lowest BCUT2D eigenvalue weighted by Crippen LogP contribution is -2.39. The van der Waals surface area contributed by atoms with Crippen molar-refractivity contribution in [3.63, 3.8) is 0 Å². The molecule has 3 aromatic rings. The second kappa shape index (κ2) is 12.7. The lowest BCUT2D eigenvalue weighted by atomic mass is 10.3. The molecule has 0 N–H and O–H groups in total. The number of rotatable bonds is 11. The van der Waals surface area contributed by atoms with E-state index in [1.54, 1.807) is 23.1 Å². The first-order valence-corrected chi connectivity index (χ1v) is 13.8. The molecule has 1 fully saturated rings. The fraction of sp³-hybridized carbons (Fsp3) is 0.440. The summed E-state index contributed by atoms with van der Waals surface area (Å²) in [6, 6.07) is 13.7. The number of nitrogens with zero attached hydrogens (tertiary/aromatic N) is 3. The van der Waals surface area contributed by atoms with E-state index >= 15 is 0 Å². The van der Waals surface area contributed by atoms with Crippen molar-refractivity contribution in [3.8, 4) is 5.75 Å². The minimum atomic E-state index is 0.0976. The molecule has 1 aromatic heterocycles. The van der Waals surface area contributed by atoms with E-state index in [2.05, 4.69) is 4.90 Å². The number of carbonyl (C=O) groups is 1. The lowest BCUT2D eigenvalue weighted by molar-refractivity contribution is -0.118. The summed E-state index contributed by atoms with van der Waals surface area (Å²) in [4.78, 5) is 23.6. The molecule has 4 rings (SSSR count). The fourth-order valence-electron chi connectivity index (χ4n) is 3.83. The van der Waals surface area contributed by atoms with E-state index in [-0.39, 0.29) is 5.91 Å². The molecule has 0 saturated carbocycles. The predicted octanol–water partition coefficient (Wildman–Crippen LogP) is 5.59. The molecule has 2 heterocycles. The molecule has 34 heavy (non-hydrogen) atoms. The molecule has 6 nitrogen and oxygen atoms in total. The molecular weight excluding hydrogens is 490 g/mol. The van der Waals surface area contributed by atoms with E-state index < -0.39 is 0 Å². The van der Waals surface area contributed by atoms with Crippen molar-refractivity contribution in [1.29, 1.82) is 0 Å². The topological polar surface area (TPSA) is 54.9 Å². The Morgan fingerprint density at radius 1 is 1.24 bits per heavy atom. The Bertz CT molecular complexity index is 1070. The van der Waals surface area contributed by atoms with Gasteiger partial charge in [0.1, 0.15) is 11.3 Å². The molecule has 0 spiro atoms. The summed E-state index contributed by atoms with van der Waals surface area (Å²) >= 11 is 9.19. The Kier molecular flexibility index (Phi) is 9.47. The van der Waals surface area contributed by atoms with Crippen molar-refractivity contribution in [3.05, 3.63) is 47.5 Å². The van der Waals surface area contributed by atoms with Crippen LogP contribution in [0.4, 0.5) is 5.13 Å². The highest BCUT2D eigenvalue weighted by molar-refractivity contribution is 7.99. The zero-order valence-corrected chi connectivity index (χ0v) is 21.8. The van der Waals surface area contributed by atoms with E-state index in [0.717, 1.165) is 65.3 Å². The maximum absolute atomic E-state index is 13.4. The first-order chi connectivity index (χ1) is 16.6. The smallest absolute Gasteiger partial charge is 0.229 e. The first kappa shape index (κ1) is 25.3. The average molecular weight is 520 g/mol. The van der Waals surface area contributed by atoms with E-state index in [1.165, 1.54) is 0 Å². The molecule has 182 valence electrons. The molecule has 1 aliphatic heterocycles. The van der Waals surface area contributed by atoms with Gasteiger partial charge in [-0.05, 0) is 49.7 Å².